The molecule has 0 aliphatic heterocycles. The Kier molecular flexibility index (Phi) is 4.00. The molecule has 0 fully saturated rings. The highest BCUT2D eigenvalue weighted by Gasteiger charge is 2.12. The van der Waals surface area contributed by atoms with Crippen molar-refractivity contribution >= 4 is 22.5 Å². The molecule has 0 bridgehead atoms. The number of pyridine rings is 1. The number of benzene rings is 1. The Bertz CT molecular complexity index is 608. The van der Waals surface area contributed by atoms with E-state index < -0.39 is 0 Å². The number of rotatable bonds is 4. The van der Waals surface area contributed by atoms with Crippen LogP contribution in [0.25, 0.3) is 10.9 Å². The number of para-hydroxylation sites is 1. The summed E-state index contributed by atoms with van der Waals surface area (Å²) >= 11 is 0. The van der Waals surface area contributed by atoms with E-state index in [0.717, 1.165) is 23.9 Å². The number of carbonyl (C=O) groups is 1. The fourth-order valence-electron chi connectivity index (χ4n) is 2.06. The maximum Gasteiger partial charge on any atom is 0.252 e. The molecular weight excluding hydrogens is 238 g/mol. The summed E-state index contributed by atoms with van der Waals surface area (Å²) in [7, 11) is 0. The second-order valence-corrected chi connectivity index (χ2v) is 4.66. The van der Waals surface area contributed by atoms with Crippen LogP contribution in [0.5, 0.6) is 0 Å². The third-order valence-corrected chi connectivity index (χ3v) is 3.06. The zero-order valence-electron chi connectivity index (χ0n) is 11.4. The lowest BCUT2D eigenvalue weighted by molar-refractivity contribution is 0.0954. The number of hydrogen-bond acceptors (Lipinski definition) is 3. The van der Waals surface area contributed by atoms with Crippen LogP contribution in [-0.2, 0) is 0 Å². The van der Waals surface area contributed by atoms with Crippen LogP contribution in [0.4, 0.5) is 5.69 Å². The third kappa shape index (κ3) is 2.84. The standard InChI is InChI=1S/C15H19N3O/c1-3-4-8-17-15(19)12-9-10(2)18-14-11(12)6-5-7-13(14)16/h5-7,9H,3-4,8,16H2,1-2H3,(H,17,19). The molecule has 0 unspecified atom stereocenters. The van der Waals surface area contributed by atoms with Gasteiger partial charge in [0, 0.05) is 17.6 Å². The summed E-state index contributed by atoms with van der Waals surface area (Å²) in [5.74, 6) is -0.0606. The molecule has 2 rings (SSSR count). The van der Waals surface area contributed by atoms with E-state index in [9.17, 15) is 4.79 Å². The summed E-state index contributed by atoms with van der Waals surface area (Å²) in [5.41, 5.74) is 8.66. The van der Waals surface area contributed by atoms with Crippen molar-refractivity contribution in [1.82, 2.24) is 10.3 Å². The molecule has 4 heteroatoms. The normalized spacial score (nSPS) is 10.6. The van der Waals surface area contributed by atoms with Gasteiger partial charge in [-0.25, -0.2) is 0 Å². The predicted molar refractivity (Wildman–Crippen MR) is 78.1 cm³/mol. The number of nitrogens with zero attached hydrogens (tertiary/aromatic N) is 1. The topological polar surface area (TPSA) is 68.0 Å². The van der Waals surface area contributed by atoms with E-state index in [0.29, 0.717) is 23.3 Å². The van der Waals surface area contributed by atoms with Crippen LogP contribution in [0, 0.1) is 6.92 Å². The summed E-state index contributed by atoms with van der Waals surface area (Å²) in [6.45, 7) is 4.66. The minimum atomic E-state index is -0.0606. The maximum atomic E-state index is 12.2. The van der Waals surface area contributed by atoms with Crippen molar-refractivity contribution in [2.24, 2.45) is 0 Å². The monoisotopic (exact) mass is 257 g/mol. The van der Waals surface area contributed by atoms with Crippen LogP contribution in [0.3, 0.4) is 0 Å². The Hall–Kier alpha value is -2.10. The van der Waals surface area contributed by atoms with Crippen LogP contribution >= 0.6 is 0 Å². The third-order valence-electron chi connectivity index (χ3n) is 3.06. The number of fused-ring (bicyclic) bond motifs is 1. The van der Waals surface area contributed by atoms with Gasteiger partial charge in [0.05, 0.1) is 16.8 Å². The summed E-state index contributed by atoms with van der Waals surface area (Å²) in [6, 6.07) is 7.33. The highest BCUT2D eigenvalue weighted by atomic mass is 16.1. The predicted octanol–water partition coefficient (Wildman–Crippen LogP) is 2.66. The average molecular weight is 257 g/mol. The zero-order valence-corrected chi connectivity index (χ0v) is 11.4. The summed E-state index contributed by atoms with van der Waals surface area (Å²) in [4.78, 5) is 16.6. The number of unbranched alkanes of at least 4 members (excludes halogenated alkanes) is 1. The lowest BCUT2D eigenvalue weighted by atomic mass is 10.1. The van der Waals surface area contributed by atoms with Gasteiger partial charge in [-0.15, -0.1) is 0 Å². The number of amides is 1. The number of aromatic nitrogens is 1. The van der Waals surface area contributed by atoms with Gasteiger partial charge in [-0.05, 0) is 25.5 Å². The van der Waals surface area contributed by atoms with Crippen LogP contribution in [0.1, 0.15) is 35.8 Å². The fraction of sp³-hybridized carbons (Fsp3) is 0.333. The number of aryl methyl sites for hydroxylation is 1. The lowest BCUT2D eigenvalue weighted by Crippen LogP contribution is -2.24. The molecule has 1 aromatic heterocycles. The summed E-state index contributed by atoms with van der Waals surface area (Å²) < 4.78 is 0. The van der Waals surface area contributed by atoms with E-state index in [1.54, 1.807) is 6.07 Å². The highest BCUT2D eigenvalue weighted by Crippen LogP contribution is 2.23. The number of nitrogens with two attached hydrogens (primary N) is 1. The summed E-state index contributed by atoms with van der Waals surface area (Å²) in [6.07, 6.45) is 2.04. The minimum absolute atomic E-state index is 0.0606. The highest BCUT2D eigenvalue weighted by molar-refractivity contribution is 6.08. The van der Waals surface area contributed by atoms with E-state index in [4.69, 9.17) is 5.73 Å². The quantitative estimate of drug-likeness (QED) is 0.653. The van der Waals surface area contributed by atoms with E-state index in [1.165, 1.54) is 0 Å². The average Bonchev–Trinajstić information content (AvgIpc) is 2.39. The molecular formula is C15H19N3O. The molecule has 0 aliphatic rings. The molecule has 0 spiro atoms. The smallest absolute Gasteiger partial charge is 0.252 e. The SMILES string of the molecule is CCCCNC(=O)c1cc(C)nc2c(N)cccc12. The molecule has 0 aliphatic carbocycles. The Balaban J connectivity index is 2.42. The van der Waals surface area contributed by atoms with E-state index in [1.807, 2.05) is 25.1 Å². The van der Waals surface area contributed by atoms with Gasteiger partial charge >= 0.3 is 0 Å². The molecule has 0 saturated heterocycles. The largest absolute Gasteiger partial charge is 0.397 e. The molecule has 1 amide bonds. The van der Waals surface area contributed by atoms with Gasteiger partial charge in [-0.3, -0.25) is 9.78 Å². The van der Waals surface area contributed by atoms with E-state index >= 15 is 0 Å². The van der Waals surface area contributed by atoms with Gasteiger partial charge in [0.1, 0.15) is 0 Å². The second kappa shape index (κ2) is 5.69. The van der Waals surface area contributed by atoms with Crippen molar-refractivity contribution in [1.29, 1.82) is 0 Å². The number of nitrogens with one attached hydrogen (secondary N) is 1. The van der Waals surface area contributed by atoms with Crippen molar-refractivity contribution in [2.75, 3.05) is 12.3 Å². The van der Waals surface area contributed by atoms with Gasteiger partial charge in [-0.1, -0.05) is 25.5 Å². The first kappa shape index (κ1) is 13.3. The second-order valence-electron chi connectivity index (χ2n) is 4.66. The van der Waals surface area contributed by atoms with Crippen molar-refractivity contribution < 1.29 is 4.79 Å². The molecule has 0 radical (unpaired) electrons. The molecule has 3 N–H and O–H groups in total. The fourth-order valence-corrected chi connectivity index (χ4v) is 2.06. The first-order chi connectivity index (χ1) is 9.13. The molecule has 0 atom stereocenters. The zero-order chi connectivity index (χ0) is 13.8. The molecule has 1 aromatic carbocycles. The van der Waals surface area contributed by atoms with E-state index in [-0.39, 0.29) is 5.91 Å². The Morgan fingerprint density at radius 2 is 2.21 bits per heavy atom. The molecule has 100 valence electrons. The number of carbonyl (C=O) groups excluding carboxylic acids is 1. The first-order valence-corrected chi connectivity index (χ1v) is 6.57. The van der Waals surface area contributed by atoms with Gasteiger partial charge in [-0.2, -0.15) is 0 Å². The Morgan fingerprint density at radius 3 is 2.95 bits per heavy atom. The van der Waals surface area contributed by atoms with Gasteiger partial charge in [0.2, 0.25) is 0 Å². The lowest BCUT2D eigenvalue weighted by Gasteiger charge is -2.10. The summed E-state index contributed by atoms with van der Waals surface area (Å²) in [5, 5.41) is 3.74. The van der Waals surface area contributed by atoms with Crippen molar-refractivity contribution in [3.63, 3.8) is 0 Å². The maximum absolute atomic E-state index is 12.2. The van der Waals surface area contributed by atoms with Crippen molar-refractivity contribution in [2.45, 2.75) is 26.7 Å². The van der Waals surface area contributed by atoms with Crippen LogP contribution in [0.15, 0.2) is 24.3 Å². The van der Waals surface area contributed by atoms with Crippen LogP contribution < -0.4 is 11.1 Å². The Morgan fingerprint density at radius 1 is 1.42 bits per heavy atom. The van der Waals surface area contributed by atoms with Gasteiger partial charge < -0.3 is 11.1 Å². The molecule has 2 aromatic rings. The van der Waals surface area contributed by atoms with Crippen molar-refractivity contribution in [3.05, 3.63) is 35.5 Å². The minimum Gasteiger partial charge on any atom is -0.397 e. The van der Waals surface area contributed by atoms with Crippen molar-refractivity contribution in [3.8, 4) is 0 Å². The van der Waals surface area contributed by atoms with Gasteiger partial charge in [0.25, 0.3) is 5.91 Å². The molecule has 1 heterocycles. The number of anilines is 1. The Labute approximate surface area is 113 Å². The number of hydrogen-bond donors (Lipinski definition) is 2. The van der Waals surface area contributed by atoms with Crippen LogP contribution in [0.2, 0.25) is 0 Å². The van der Waals surface area contributed by atoms with Gasteiger partial charge in [0.15, 0.2) is 0 Å². The molecule has 0 saturated carbocycles. The first-order valence-electron chi connectivity index (χ1n) is 6.57. The number of nitrogen functional groups attached to an aromatic ring is 1. The van der Waals surface area contributed by atoms with E-state index in [2.05, 4.69) is 17.2 Å². The molecule has 4 nitrogen and oxygen atoms in total. The molecule has 19 heavy (non-hydrogen) atoms. The van der Waals surface area contributed by atoms with Crippen LogP contribution in [-0.4, -0.2) is 17.4 Å².